The van der Waals surface area contributed by atoms with Crippen LogP contribution in [0.15, 0.2) is 42.5 Å². The fourth-order valence-corrected chi connectivity index (χ4v) is 2.16. The monoisotopic (exact) mass is 359 g/mol. The molecule has 24 heavy (non-hydrogen) atoms. The highest BCUT2D eigenvalue weighted by Crippen LogP contribution is 2.27. The molecule has 4 nitrogen and oxygen atoms in total. The first-order valence-electron chi connectivity index (χ1n) is 6.75. The van der Waals surface area contributed by atoms with Crippen molar-refractivity contribution in [2.45, 2.75) is 12.9 Å². The number of methoxy groups -OCH3 is 1. The van der Waals surface area contributed by atoms with Crippen LogP contribution < -0.4 is 14.8 Å². The highest BCUT2D eigenvalue weighted by Gasteiger charge is 2.32. The van der Waals surface area contributed by atoms with Crippen LogP contribution in [-0.2, 0) is 6.54 Å². The van der Waals surface area contributed by atoms with Crippen molar-refractivity contribution >= 4 is 17.5 Å². The fraction of sp³-hybridized carbons (Fsp3) is 0.188. The number of alkyl halides is 3. The zero-order valence-electron chi connectivity index (χ0n) is 12.5. The van der Waals surface area contributed by atoms with Gasteiger partial charge in [0.15, 0.2) is 0 Å². The summed E-state index contributed by atoms with van der Waals surface area (Å²) in [5.41, 5.74) is 0.409. The standard InChI is InChI=1S/C16H13ClF3NO3/c1-23-14-8-11(17)6-7-12(14)15(22)21-9-10-4-2-3-5-13(10)24-16(18,19)20/h2-8H,9H2,1H3,(H,21,22). The quantitative estimate of drug-likeness (QED) is 0.871. The third-order valence-electron chi connectivity index (χ3n) is 3.05. The smallest absolute Gasteiger partial charge is 0.496 e. The van der Waals surface area contributed by atoms with Gasteiger partial charge in [-0.3, -0.25) is 4.79 Å². The van der Waals surface area contributed by atoms with Gasteiger partial charge in [-0.1, -0.05) is 29.8 Å². The Kier molecular flexibility index (Phi) is 5.56. The average Bonchev–Trinajstić information content (AvgIpc) is 2.52. The molecule has 1 amide bonds. The Bertz CT molecular complexity index is 735. The lowest BCUT2D eigenvalue weighted by molar-refractivity contribution is -0.274. The Balaban J connectivity index is 2.13. The van der Waals surface area contributed by atoms with Gasteiger partial charge >= 0.3 is 6.36 Å². The molecule has 0 spiro atoms. The number of carbonyl (C=O) groups is 1. The number of nitrogens with one attached hydrogen (secondary N) is 1. The minimum absolute atomic E-state index is 0.142. The van der Waals surface area contributed by atoms with Gasteiger partial charge in [0.25, 0.3) is 5.91 Å². The average molecular weight is 360 g/mol. The second-order valence-corrected chi connectivity index (χ2v) is 5.12. The molecule has 0 radical (unpaired) electrons. The van der Waals surface area contributed by atoms with Crippen molar-refractivity contribution in [2.75, 3.05) is 7.11 Å². The lowest BCUT2D eigenvalue weighted by atomic mass is 10.1. The number of amides is 1. The van der Waals surface area contributed by atoms with Crippen LogP contribution in [0.3, 0.4) is 0 Å². The fourth-order valence-electron chi connectivity index (χ4n) is 2.00. The molecule has 0 aromatic heterocycles. The van der Waals surface area contributed by atoms with Gasteiger partial charge < -0.3 is 14.8 Å². The van der Waals surface area contributed by atoms with Crippen LogP contribution in [0.4, 0.5) is 13.2 Å². The van der Waals surface area contributed by atoms with Gasteiger partial charge in [-0.2, -0.15) is 0 Å². The van der Waals surface area contributed by atoms with Crippen molar-refractivity contribution in [3.05, 3.63) is 58.6 Å². The van der Waals surface area contributed by atoms with Gasteiger partial charge in [-0.15, -0.1) is 13.2 Å². The highest BCUT2D eigenvalue weighted by molar-refractivity contribution is 6.30. The van der Waals surface area contributed by atoms with Crippen LogP contribution in [0.1, 0.15) is 15.9 Å². The van der Waals surface area contributed by atoms with Crippen molar-refractivity contribution in [3.8, 4) is 11.5 Å². The van der Waals surface area contributed by atoms with Crippen molar-refractivity contribution in [3.63, 3.8) is 0 Å². The molecule has 0 unspecified atom stereocenters. The zero-order valence-corrected chi connectivity index (χ0v) is 13.2. The Morgan fingerprint density at radius 2 is 1.88 bits per heavy atom. The maximum Gasteiger partial charge on any atom is 0.573 e. The van der Waals surface area contributed by atoms with Crippen LogP contribution >= 0.6 is 11.6 Å². The molecule has 2 aromatic carbocycles. The maximum atomic E-state index is 12.4. The van der Waals surface area contributed by atoms with Crippen molar-refractivity contribution in [1.82, 2.24) is 5.32 Å². The number of carbonyl (C=O) groups excluding carboxylic acids is 1. The Morgan fingerprint density at radius 1 is 1.17 bits per heavy atom. The second kappa shape index (κ2) is 7.44. The van der Waals surface area contributed by atoms with Gasteiger partial charge in [-0.25, -0.2) is 0 Å². The minimum atomic E-state index is -4.81. The summed E-state index contributed by atoms with van der Waals surface area (Å²) < 4.78 is 46.2. The molecular formula is C16H13ClF3NO3. The van der Waals surface area contributed by atoms with E-state index >= 15 is 0 Å². The number of para-hydroxylation sites is 1. The molecule has 0 fully saturated rings. The van der Waals surface area contributed by atoms with Crippen LogP contribution in [0.25, 0.3) is 0 Å². The lowest BCUT2D eigenvalue weighted by Gasteiger charge is -2.14. The molecule has 2 aromatic rings. The molecule has 0 aliphatic carbocycles. The SMILES string of the molecule is COc1cc(Cl)ccc1C(=O)NCc1ccccc1OC(F)(F)F. The van der Waals surface area contributed by atoms with Gasteiger partial charge in [0.1, 0.15) is 11.5 Å². The van der Waals surface area contributed by atoms with E-state index in [-0.39, 0.29) is 29.2 Å². The highest BCUT2D eigenvalue weighted by atomic mass is 35.5. The first-order chi connectivity index (χ1) is 11.3. The summed E-state index contributed by atoms with van der Waals surface area (Å²) in [6.07, 6.45) is -4.81. The van der Waals surface area contributed by atoms with E-state index in [4.69, 9.17) is 16.3 Å². The molecule has 0 saturated heterocycles. The molecule has 128 valence electrons. The largest absolute Gasteiger partial charge is 0.573 e. The van der Waals surface area contributed by atoms with E-state index in [1.165, 1.54) is 43.5 Å². The summed E-state index contributed by atoms with van der Waals surface area (Å²) in [6, 6.07) is 10.0. The zero-order chi connectivity index (χ0) is 17.7. The predicted octanol–water partition coefficient (Wildman–Crippen LogP) is 4.18. The number of halogens is 4. The minimum Gasteiger partial charge on any atom is -0.496 e. The Labute approximate surface area is 141 Å². The molecule has 0 saturated carbocycles. The van der Waals surface area contributed by atoms with E-state index in [1.807, 2.05) is 0 Å². The van der Waals surface area contributed by atoms with E-state index in [9.17, 15) is 18.0 Å². The van der Waals surface area contributed by atoms with Crippen molar-refractivity contribution in [2.24, 2.45) is 0 Å². The molecule has 0 aliphatic rings. The summed E-state index contributed by atoms with van der Waals surface area (Å²) >= 11 is 5.82. The van der Waals surface area contributed by atoms with Gasteiger partial charge in [-0.05, 0) is 24.3 Å². The van der Waals surface area contributed by atoms with Crippen LogP contribution in [-0.4, -0.2) is 19.4 Å². The van der Waals surface area contributed by atoms with Crippen LogP contribution in [0.2, 0.25) is 5.02 Å². The molecule has 0 atom stereocenters. The van der Waals surface area contributed by atoms with Crippen molar-refractivity contribution in [1.29, 1.82) is 0 Å². The third-order valence-corrected chi connectivity index (χ3v) is 3.28. The van der Waals surface area contributed by atoms with Gasteiger partial charge in [0, 0.05) is 17.1 Å². The normalized spacial score (nSPS) is 11.0. The van der Waals surface area contributed by atoms with Crippen LogP contribution in [0.5, 0.6) is 11.5 Å². The molecule has 8 heteroatoms. The number of hydrogen-bond acceptors (Lipinski definition) is 3. The number of benzene rings is 2. The molecule has 2 rings (SSSR count). The summed E-state index contributed by atoms with van der Waals surface area (Å²) in [6.45, 7) is -0.142. The third kappa shape index (κ3) is 4.79. The first kappa shape index (κ1) is 17.9. The van der Waals surface area contributed by atoms with E-state index in [2.05, 4.69) is 10.1 Å². The van der Waals surface area contributed by atoms with Gasteiger partial charge in [0.05, 0.1) is 12.7 Å². The molecule has 0 aliphatic heterocycles. The summed E-state index contributed by atoms with van der Waals surface area (Å²) in [7, 11) is 1.38. The maximum absolute atomic E-state index is 12.4. The Hall–Kier alpha value is -2.41. The summed E-state index contributed by atoms with van der Waals surface area (Å²) in [5.74, 6) is -0.612. The molecular weight excluding hydrogens is 347 g/mol. The lowest BCUT2D eigenvalue weighted by Crippen LogP contribution is -2.24. The molecule has 1 N–H and O–H groups in total. The second-order valence-electron chi connectivity index (χ2n) is 4.68. The van der Waals surface area contributed by atoms with E-state index in [1.54, 1.807) is 6.07 Å². The topological polar surface area (TPSA) is 47.6 Å². The van der Waals surface area contributed by atoms with E-state index < -0.39 is 12.3 Å². The van der Waals surface area contributed by atoms with E-state index in [0.29, 0.717) is 5.02 Å². The number of ether oxygens (including phenoxy) is 2. The summed E-state index contributed by atoms with van der Waals surface area (Å²) in [4.78, 5) is 12.2. The predicted molar refractivity (Wildman–Crippen MR) is 82.3 cm³/mol. The van der Waals surface area contributed by atoms with Gasteiger partial charge in [0.2, 0.25) is 0 Å². The first-order valence-corrected chi connectivity index (χ1v) is 7.13. The van der Waals surface area contributed by atoms with Crippen molar-refractivity contribution < 1.29 is 27.4 Å². The number of rotatable bonds is 5. The summed E-state index contributed by atoms with van der Waals surface area (Å²) in [5, 5.41) is 2.92. The number of hydrogen-bond donors (Lipinski definition) is 1. The Morgan fingerprint density at radius 3 is 2.54 bits per heavy atom. The van der Waals surface area contributed by atoms with E-state index in [0.717, 1.165) is 0 Å². The molecule has 0 bridgehead atoms. The van der Waals surface area contributed by atoms with Crippen LogP contribution in [0, 0.1) is 0 Å². The molecule has 0 heterocycles.